The molecule has 0 saturated carbocycles. The maximum Gasteiger partial charge on any atom is 0.403 e. The zero-order chi connectivity index (χ0) is 24.3. The number of esters is 2. The lowest BCUT2D eigenvalue weighted by atomic mass is 10.1. The predicted molar refractivity (Wildman–Crippen MR) is 112 cm³/mol. The van der Waals surface area contributed by atoms with Gasteiger partial charge in [0.05, 0.1) is 33.6 Å². The summed E-state index contributed by atoms with van der Waals surface area (Å²) >= 11 is 0. The lowest BCUT2D eigenvalue weighted by Crippen LogP contribution is -2.39. The number of hydrogen-bond acceptors (Lipinski definition) is 14. The Bertz CT molecular complexity index is 1070. The summed E-state index contributed by atoms with van der Waals surface area (Å²) in [7, 11) is -2.59. The van der Waals surface area contributed by atoms with Crippen LogP contribution in [-0.4, -0.2) is 91.7 Å². The molecule has 17 nitrogen and oxygen atoms in total. The van der Waals surface area contributed by atoms with Gasteiger partial charge in [0.15, 0.2) is 17.7 Å². The number of aliphatic hydroxyl groups is 2. The number of nitrogen functional groups attached to an aromatic ring is 1. The van der Waals surface area contributed by atoms with E-state index in [9.17, 15) is 29.3 Å². The van der Waals surface area contributed by atoms with Gasteiger partial charge in [-0.2, -0.15) is 0 Å². The van der Waals surface area contributed by atoms with Crippen molar-refractivity contribution in [1.29, 1.82) is 0 Å². The first-order valence-electron chi connectivity index (χ1n) is 9.42. The van der Waals surface area contributed by atoms with E-state index >= 15 is 0 Å². The number of fused-ring (bicyclic) bond motifs is 1. The monoisotopic (exact) mass is 507 g/mol. The van der Waals surface area contributed by atoms with E-state index in [2.05, 4.69) is 24.4 Å². The molecule has 3 rings (SSSR count). The normalized spacial score (nSPS) is 24.7. The van der Waals surface area contributed by atoms with Gasteiger partial charge in [-0.1, -0.05) is 0 Å². The number of hydrogen-bond donors (Lipinski definition) is 6. The largest absolute Gasteiger partial charge is 0.469 e. The summed E-state index contributed by atoms with van der Waals surface area (Å²) < 4.78 is 33.2. The third-order valence-corrected chi connectivity index (χ3v) is 5.95. The second kappa shape index (κ2) is 11.1. The summed E-state index contributed by atoms with van der Waals surface area (Å²) in [6, 6.07) is -1.53. The van der Waals surface area contributed by atoms with E-state index in [1.807, 2.05) is 5.09 Å². The minimum Gasteiger partial charge on any atom is -0.469 e. The summed E-state index contributed by atoms with van der Waals surface area (Å²) in [5.74, 6) is -1.74. The molecule has 1 aliphatic heterocycles. The average molecular weight is 507 g/mol. The fourth-order valence-electron chi connectivity index (χ4n) is 3.14. The van der Waals surface area contributed by atoms with Crippen molar-refractivity contribution in [3.63, 3.8) is 0 Å². The molecule has 0 bridgehead atoms. The van der Waals surface area contributed by atoms with Crippen LogP contribution < -0.4 is 17.0 Å². The Balaban J connectivity index is 0.00000408. The van der Waals surface area contributed by atoms with Crippen LogP contribution in [0.1, 0.15) is 12.6 Å². The quantitative estimate of drug-likeness (QED) is 0.158. The van der Waals surface area contributed by atoms with Crippen molar-refractivity contribution in [1.82, 2.24) is 30.8 Å². The second-order valence-corrected chi connectivity index (χ2v) is 8.49. The SMILES string of the molecule is COC(=O)C[C@H](NP(=O)(O)OC[C@H]1O[C@@H](n2cnc3c(N)ncnc32)[C@H](O)[C@@H]1O)C(=O)OC.N. The molecule has 0 radical (unpaired) electrons. The van der Waals surface area contributed by atoms with E-state index in [-0.39, 0.29) is 23.1 Å². The maximum atomic E-state index is 12.4. The molecule has 3 heterocycles. The maximum absolute atomic E-state index is 12.4. The first-order valence-corrected chi connectivity index (χ1v) is 11.0. The topological polar surface area (TPSA) is 265 Å². The number of ether oxygens (including phenoxy) is 3. The Kier molecular flexibility index (Phi) is 8.98. The van der Waals surface area contributed by atoms with Crippen LogP contribution in [0.15, 0.2) is 12.7 Å². The molecule has 2 aromatic heterocycles. The minimum atomic E-state index is -4.69. The van der Waals surface area contributed by atoms with Gasteiger partial charge in [-0.05, 0) is 0 Å². The van der Waals surface area contributed by atoms with E-state index in [0.29, 0.717) is 0 Å². The molecule has 1 saturated heterocycles. The first kappa shape index (κ1) is 27.5. The molecule has 2 aromatic rings. The molecular weight excluding hydrogens is 481 g/mol. The number of aromatic nitrogens is 4. The Labute approximate surface area is 192 Å². The number of anilines is 1. The van der Waals surface area contributed by atoms with Crippen LogP contribution in [0.5, 0.6) is 0 Å². The fourth-order valence-corrected chi connectivity index (χ4v) is 4.15. The van der Waals surface area contributed by atoms with Crippen molar-refractivity contribution in [3.05, 3.63) is 12.7 Å². The van der Waals surface area contributed by atoms with Gasteiger partial charge in [0, 0.05) is 0 Å². The standard InChI is InChI=1S/C16H23N6O10P.H3N/c1-29-9(23)3-7(16(26)30-2)21-33(27,28)31-4-8-11(24)12(25)15(32-8)22-6-20-10-13(17)18-5-19-14(10)22;/h5-8,11-12,15,24-25H,3-4H2,1-2H3,(H2,17,18,19)(H2,21,27,28);1H3/t7-,8+,11+,12+,15+;/m0./s1. The lowest BCUT2D eigenvalue weighted by molar-refractivity contribution is -0.149. The Morgan fingerprint density at radius 1 is 1.26 bits per heavy atom. The minimum absolute atomic E-state index is 0. The molecule has 0 spiro atoms. The van der Waals surface area contributed by atoms with Gasteiger partial charge in [0.1, 0.15) is 36.2 Å². The van der Waals surface area contributed by atoms with Crippen LogP contribution >= 0.6 is 7.75 Å². The first-order chi connectivity index (χ1) is 15.6. The second-order valence-electron chi connectivity index (χ2n) is 6.93. The number of nitrogens with two attached hydrogens (primary N) is 1. The summed E-state index contributed by atoms with van der Waals surface area (Å²) in [4.78, 5) is 45.2. The molecule has 190 valence electrons. The Morgan fingerprint density at radius 2 is 1.97 bits per heavy atom. The van der Waals surface area contributed by atoms with Crippen molar-refractivity contribution in [2.45, 2.75) is 37.0 Å². The smallest absolute Gasteiger partial charge is 0.403 e. The lowest BCUT2D eigenvalue weighted by Gasteiger charge is -2.21. The number of nitrogens with one attached hydrogen (secondary N) is 1. The van der Waals surface area contributed by atoms with Crippen molar-refractivity contribution in [2.75, 3.05) is 26.6 Å². The van der Waals surface area contributed by atoms with E-state index in [4.69, 9.17) is 15.0 Å². The highest BCUT2D eigenvalue weighted by Crippen LogP contribution is 2.40. The van der Waals surface area contributed by atoms with Crippen LogP contribution in [0.2, 0.25) is 0 Å². The molecule has 0 amide bonds. The van der Waals surface area contributed by atoms with Gasteiger partial charge in [-0.25, -0.2) is 24.6 Å². The highest BCUT2D eigenvalue weighted by molar-refractivity contribution is 7.50. The molecule has 1 fully saturated rings. The van der Waals surface area contributed by atoms with Crippen molar-refractivity contribution < 1.29 is 48.0 Å². The molecule has 0 aromatic carbocycles. The highest BCUT2D eigenvalue weighted by Gasteiger charge is 2.45. The van der Waals surface area contributed by atoms with Crippen molar-refractivity contribution in [2.24, 2.45) is 0 Å². The van der Waals surface area contributed by atoms with Crippen LogP contribution in [-0.2, 0) is 32.9 Å². The molecule has 1 aliphatic rings. The van der Waals surface area contributed by atoms with Gasteiger partial charge >= 0.3 is 19.7 Å². The molecule has 34 heavy (non-hydrogen) atoms. The third kappa shape index (κ3) is 5.83. The average Bonchev–Trinajstić information content (AvgIpc) is 3.33. The van der Waals surface area contributed by atoms with E-state index in [1.165, 1.54) is 17.2 Å². The van der Waals surface area contributed by atoms with Gasteiger partial charge in [0.25, 0.3) is 0 Å². The molecule has 6 atom stereocenters. The number of imidazole rings is 1. The van der Waals surface area contributed by atoms with Gasteiger partial charge in [-0.3, -0.25) is 18.7 Å². The highest BCUT2D eigenvalue weighted by atomic mass is 31.2. The molecule has 18 heteroatoms. The van der Waals surface area contributed by atoms with Crippen LogP contribution in [0.3, 0.4) is 0 Å². The zero-order valence-corrected chi connectivity index (χ0v) is 19.1. The number of carbonyl (C=O) groups excluding carboxylic acids is 2. The summed E-state index contributed by atoms with van der Waals surface area (Å²) in [6.07, 6.45) is -3.53. The molecular formula is C16H26N7O10P. The number of carbonyl (C=O) groups is 2. The van der Waals surface area contributed by atoms with Crippen LogP contribution in [0.4, 0.5) is 5.82 Å². The number of rotatable bonds is 9. The van der Waals surface area contributed by atoms with Gasteiger partial charge < -0.3 is 41.2 Å². The zero-order valence-electron chi connectivity index (χ0n) is 18.2. The molecule has 9 N–H and O–H groups in total. The fraction of sp³-hybridized carbons (Fsp3) is 0.562. The summed E-state index contributed by atoms with van der Waals surface area (Å²) in [5.41, 5.74) is 6.23. The number of aliphatic hydroxyl groups excluding tert-OH is 2. The molecule has 0 aliphatic carbocycles. The summed E-state index contributed by atoms with van der Waals surface area (Å²) in [5, 5.41) is 22.8. The van der Waals surface area contributed by atoms with Gasteiger partial charge in [-0.15, -0.1) is 0 Å². The summed E-state index contributed by atoms with van der Waals surface area (Å²) in [6.45, 7) is -0.661. The van der Waals surface area contributed by atoms with Gasteiger partial charge in [0.2, 0.25) is 0 Å². The molecule has 1 unspecified atom stereocenters. The third-order valence-electron chi connectivity index (χ3n) is 4.82. The van der Waals surface area contributed by atoms with E-state index < -0.39 is 63.3 Å². The predicted octanol–water partition coefficient (Wildman–Crippen LogP) is -2.00. The Hall–Kier alpha value is -2.76. The van der Waals surface area contributed by atoms with Crippen molar-refractivity contribution >= 4 is 36.7 Å². The van der Waals surface area contributed by atoms with E-state index in [1.54, 1.807) is 0 Å². The number of nitrogens with zero attached hydrogens (tertiary/aromatic N) is 4. The van der Waals surface area contributed by atoms with E-state index in [0.717, 1.165) is 14.2 Å². The van der Waals surface area contributed by atoms with Crippen LogP contribution in [0.25, 0.3) is 11.2 Å². The number of methoxy groups -OCH3 is 2. The van der Waals surface area contributed by atoms with Crippen molar-refractivity contribution in [3.8, 4) is 0 Å². The Morgan fingerprint density at radius 3 is 2.62 bits per heavy atom. The van der Waals surface area contributed by atoms with Crippen LogP contribution in [0, 0.1) is 0 Å².